The molecule has 0 saturated carbocycles. The molecule has 3 amide bonds. The molecule has 51 heavy (non-hydrogen) atoms. The molecule has 3 atom stereocenters. The molecule has 3 unspecified atom stereocenters. The molecule has 0 aromatic carbocycles. The highest BCUT2D eigenvalue weighted by Crippen LogP contribution is 2.40. The molecule has 0 aromatic heterocycles. The van der Waals surface area contributed by atoms with Gasteiger partial charge in [-0.3, -0.25) is 24.0 Å². The number of Topliss-reactive ketones (excluding diaryl/α,β-unsaturated/α-hetero) is 1. The minimum atomic E-state index is -1.19. The van der Waals surface area contributed by atoms with Crippen molar-refractivity contribution < 1.29 is 57.8 Å². The second-order valence-corrected chi connectivity index (χ2v) is 15.0. The Morgan fingerprint density at radius 2 is 1.16 bits per heavy atom. The van der Waals surface area contributed by atoms with E-state index in [0.29, 0.717) is 0 Å². The first-order chi connectivity index (χ1) is 23.5. The maximum absolute atomic E-state index is 12.8. The Kier molecular flexibility index (Phi) is 17.8. The Morgan fingerprint density at radius 1 is 0.706 bits per heavy atom. The van der Waals surface area contributed by atoms with Gasteiger partial charge in [-0.1, -0.05) is 27.7 Å². The van der Waals surface area contributed by atoms with Crippen LogP contribution < -0.4 is 21.3 Å². The van der Waals surface area contributed by atoms with Crippen LogP contribution >= 0.6 is 0 Å². The number of carbonyl (C=O) groups is 8. The molecular formula is C34H56N5O12. The van der Waals surface area contributed by atoms with Gasteiger partial charge in [0.2, 0.25) is 24.5 Å². The van der Waals surface area contributed by atoms with Crippen molar-refractivity contribution in [3.63, 3.8) is 0 Å². The van der Waals surface area contributed by atoms with Gasteiger partial charge < -0.3 is 35.5 Å². The largest absolute Gasteiger partial charge is 0.426 e. The Bertz CT molecular complexity index is 1260. The third-order valence-corrected chi connectivity index (χ3v) is 8.05. The third-order valence-electron chi connectivity index (χ3n) is 8.05. The molecule has 0 aromatic rings. The third kappa shape index (κ3) is 15.9. The van der Waals surface area contributed by atoms with Crippen LogP contribution in [0.25, 0.3) is 0 Å². The van der Waals surface area contributed by atoms with Crippen molar-refractivity contribution >= 4 is 47.4 Å². The molecule has 1 rings (SSSR count). The Labute approximate surface area is 299 Å². The summed E-state index contributed by atoms with van der Waals surface area (Å²) in [5, 5.41) is 23.5. The lowest BCUT2D eigenvalue weighted by molar-refractivity contribution is -0.293. The number of rotatable bonds is 19. The second-order valence-electron chi connectivity index (χ2n) is 15.0. The number of likely N-dealkylation sites (N-methyl/N-ethyl adjacent to an activating group) is 1. The summed E-state index contributed by atoms with van der Waals surface area (Å²) in [6.07, 6.45) is -0.395. The first-order valence-electron chi connectivity index (χ1n) is 17.1. The fourth-order valence-electron chi connectivity index (χ4n) is 5.85. The van der Waals surface area contributed by atoms with Crippen LogP contribution in [0.5, 0.6) is 0 Å². The summed E-state index contributed by atoms with van der Waals surface area (Å²) >= 11 is 0. The lowest BCUT2D eigenvalue weighted by atomic mass is 9.75. The Morgan fingerprint density at radius 3 is 1.57 bits per heavy atom. The molecule has 1 saturated heterocycles. The van der Waals surface area contributed by atoms with Crippen LogP contribution in [0.2, 0.25) is 0 Å². The van der Waals surface area contributed by atoms with Crippen LogP contribution in [-0.2, 0) is 57.8 Å². The van der Waals surface area contributed by atoms with Crippen molar-refractivity contribution in [3.05, 3.63) is 0 Å². The highest BCUT2D eigenvalue weighted by molar-refractivity contribution is 5.99. The summed E-state index contributed by atoms with van der Waals surface area (Å²) in [5.74, 6) is -6.97. The SMILES string of the molecule is CNC(CNC(=O)CC(=O)NC(CC(C)C)C(=O)OCOC(=O)C(CC(C)C)NC(=O)CC(C)=O)C(=O)OC(=O)C1CC(C)(C)N([O])C(C)(C)C1. The Balaban J connectivity index is 2.69. The first kappa shape index (κ1) is 45.1. The number of amides is 3. The number of esters is 4. The normalized spacial score (nSPS) is 17.4. The van der Waals surface area contributed by atoms with Crippen LogP contribution in [0, 0.1) is 17.8 Å². The molecule has 17 nitrogen and oxygen atoms in total. The van der Waals surface area contributed by atoms with Gasteiger partial charge in [0.1, 0.15) is 30.3 Å². The van der Waals surface area contributed by atoms with E-state index in [1.54, 1.807) is 41.5 Å². The molecule has 1 heterocycles. The van der Waals surface area contributed by atoms with Crippen LogP contribution in [0.4, 0.5) is 0 Å². The average Bonchev–Trinajstić information content (AvgIpc) is 2.98. The van der Waals surface area contributed by atoms with E-state index >= 15 is 0 Å². The van der Waals surface area contributed by atoms with E-state index in [4.69, 9.17) is 14.2 Å². The van der Waals surface area contributed by atoms with Crippen molar-refractivity contribution in [1.82, 2.24) is 26.3 Å². The highest BCUT2D eigenvalue weighted by Gasteiger charge is 2.49. The standard InChI is InChI=1S/C34H56N5O12/c1-19(2)11-23(37-27(42)13-21(5)40)30(45)49-18-50-31(46)24(12-20(3)4)38-28(43)14-26(41)36-17-25(35-10)32(47)51-29(44)22-15-33(6,7)39(48)34(8,9)16-22/h19-20,22-25,35H,11-18H2,1-10H3,(H,36,41)(H,37,42)(H,38,43). The van der Waals surface area contributed by atoms with Crippen molar-refractivity contribution in [1.29, 1.82) is 0 Å². The van der Waals surface area contributed by atoms with Crippen LogP contribution in [0.1, 0.15) is 101 Å². The number of hydrogen-bond acceptors (Lipinski definition) is 13. The van der Waals surface area contributed by atoms with Gasteiger partial charge in [0, 0.05) is 17.6 Å². The number of nitrogens with one attached hydrogen (secondary N) is 4. The van der Waals surface area contributed by atoms with Gasteiger partial charge in [0.15, 0.2) is 0 Å². The summed E-state index contributed by atoms with van der Waals surface area (Å²) in [6.45, 7) is 14.2. The highest BCUT2D eigenvalue weighted by atomic mass is 16.7. The lowest BCUT2D eigenvalue weighted by Crippen LogP contribution is -2.59. The molecule has 1 aliphatic heterocycles. The predicted molar refractivity (Wildman–Crippen MR) is 180 cm³/mol. The quantitative estimate of drug-likeness (QED) is 0.0822. The number of ether oxygens (including phenoxy) is 3. The molecule has 17 heteroatoms. The second kappa shape index (κ2) is 20.2. The molecule has 0 bridgehead atoms. The van der Waals surface area contributed by atoms with E-state index < -0.39 is 96.4 Å². The monoisotopic (exact) mass is 726 g/mol. The van der Waals surface area contributed by atoms with E-state index in [1.165, 1.54) is 14.0 Å². The number of nitrogens with zero attached hydrogens (tertiary/aromatic N) is 1. The number of ketones is 1. The van der Waals surface area contributed by atoms with Crippen LogP contribution in [0.3, 0.4) is 0 Å². The smallest absolute Gasteiger partial charge is 0.332 e. The molecule has 289 valence electrons. The molecule has 0 spiro atoms. The lowest BCUT2D eigenvalue weighted by Gasteiger charge is -2.49. The summed E-state index contributed by atoms with van der Waals surface area (Å²) in [5.41, 5.74) is -1.70. The van der Waals surface area contributed by atoms with E-state index in [9.17, 15) is 43.6 Å². The minimum absolute atomic E-state index is 0.0204. The summed E-state index contributed by atoms with van der Waals surface area (Å²) in [4.78, 5) is 99.5. The van der Waals surface area contributed by atoms with Crippen LogP contribution in [0.15, 0.2) is 0 Å². The number of piperidine rings is 1. The maximum atomic E-state index is 12.8. The molecule has 4 N–H and O–H groups in total. The Hall–Kier alpha value is -3.96. The predicted octanol–water partition coefficient (Wildman–Crippen LogP) is 0.850. The van der Waals surface area contributed by atoms with Gasteiger partial charge in [0.25, 0.3) is 0 Å². The molecular weight excluding hydrogens is 670 g/mol. The van der Waals surface area contributed by atoms with Gasteiger partial charge in [-0.05, 0) is 79.2 Å². The fraction of sp³-hybridized carbons (Fsp3) is 0.765. The minimum Gasteiger partial charge on any atom is -0.426 e. The van der Waals surface area contributed by atoms with E-state index in [0.717, 1.165) is 5.06 Å². The zero-order valence-corrected chi connectivity index (χ0v) is 31.5. The molecule has 1 aliphatic rings. The maximum Gasteiger partial charge on any atom is 0.332 e. The van der Waals surface area contributed by atoms with Crippen molar-refractivity contribution in [2.24, 2.45) is 17.8 Å². The van der Waals surface area contributed by atoms with Gasteiger partial charge in [-0.2, -0.15) is 0 Å². The van der Waals surface area contributed by atoms with Gasteiger partial charge in [0.05, 0.1) is 12.3 Å². The van der Waals surface area contributed by atoms with Gasteiger partial charge in [-0.25, -0.2) is 14.4 Å². The zero-order chi connectivity index (χ0) is 39.3. The number of hydrogen-bond donors (Lipinski definition) is 4. The fourth-order valence-corrected chi connectivity index (χ4v) is 5.85. The number of carbonyl (C=O) groups excluding carboxylic acids is 8. The molecule has 1 radical (unpaired) electrons. The van der Waals surface area contributed by atoms with Gasteiger partial charge in [-0.15, -0.1) is 10.3 Å². The summed E-state index contributed by atoms with van der Waals surface area (Å²) in [6, 6.07) is -3.40. The molecule has 0 aliphatic carbocycles. The van der Waals surface area contributed by atoms with E-state index in [1.807, 2.05) is 13.8 Å². The summed E-state index contributed by atoms with van der Waals surface area (Å²) in [7, 11) is 1.42. The van der Waals surface area contributed by atoms with E-state index in [2.05, 4.69) is 21.3 Å². The number of hydroxylamine groups is 2. The van der Waals surface area contributed by atoms with Crippen molar-refractivity contribution in [3.8, 4) is 0 Å². The average molecular weight is 727 g/mol. The molecule has 1 fully saturated rings. The van der Waals surface area contributed by atoms with Crippen molar-refractivity contribution in [2.75, 3.05) is 20.4 Å². The van der Waals surface area contributed by atoms with E-state index in [-0.39, 0.29) is 49.8 Å². The topological polar surface area (TPSA) is 236 Å². The zero-order valence-electron chi connectivity index (χ0n) is 31.5. The first-order valence-corrected chi connectivity index (χ1v) is 17.1. The van der Waals surface area contributed by atoms with Crippen LogP contribution in [-0.4, -0.2) is 102 Å². The summed E-state index contributed by atoms with van der Waals surface area (Å²) < 4.78 is 15.2. The van der Waals surface area contributed by atoms with Crippen molar-refractivity contribution in [2.45, 2.75) is 130 Å². The van der Waals surface area contributed by atoms with Gasteiger partial charge >= 0.3 is 23.9 Å².